The number of hydrogen-bond donors (Lipinski definition) is 2. The minimum absolute atomic E-state index is 0.118. The van der Waals surface area contributed by atoms with Crippen molar-refractivity contribution in [3.05, 3.63) is 51.9 Å². The third-order valence-electron chi connectivity index (χ3n) is 4.90. The maximum Gasteiger partial charge on any atom is 0.239 e. The van der Waals surface area contributed by atoms with E-state index in [1.165, 1.54) is 4.31 Å². The second kappa shape index (κ2) is 8.68. The molecule has 0 spiro atoms. The predicted octanol–water partition coefficient (Wildman–Crippen LogP) is 3.02. The third-order valence-corrected chi connectivity index (χ3v) is 7.46. The van der Waals surface area contributed by atoms with Crippen LogP contribution in [-0.4, -0.2) is 42.9 Å². The molecule has 146 valence electrons. The number of piperidine rings is 1. The minimum atomic E-state index is -3.70. The summed E-state index contributed by atoms with van der Waals surface area (Å²) in [6.45, 7) is 0.221. The number of allylic oxidation sites excluding steroid dienone is 3. The molecule has 1 aliphatic heterocycles. The molecule has 2 unspecified atom stereocenters. The summed E-state index contributed by atoms with van der Waals surface area (Å²) in [5.41, 5.74) is 0.651. The Labute approximate surface area is 168 Å². The third kappa shape index (κ3) is 4.68. The highest BCUT2D eigenvalue weighted by Crippen LogP contribution is 2.30. The van der Waals surface area contributed by atoms with Crippen molar-refractivity contribution in [2.45, 2.75) is 31.7 Å². The maximum absolute atomic E-state index is 13.1. The average molecular weight is 455 g/mol. The van der Waals surface area contributed by atoms with E-state index in [0.29, 0.717) is 18.7 Å². The van der Waals surface area contributed by atoms with Crippen molar-refractivity contribution < 1.29 is 18.3 Å². The highest BCUT2D eigenvalue weighted by Gasteiger charge is 2.36. The summed E-state index contributed by atoms with van der Waals surface area (Å²) in [5.74, 6) is -0.807. The number of anilines is 1. The van der Waals surface area contributed by atoms with Crippen LogP contribution in [0.15, 0.2) is 51.9 Å². The summed E-state index contributed by atoms with van der Waals surface area (Å²) in [7, 11) is -3.70. The topological polar surface area (TPSA) is 86.7 Å². The zero-order valence-corrected chi connectivity index (χ0v) is 17.2. The number of nitrogens with one attached hydrogen (secondary N) is 1. The van der Waals surface area contributed by atoms with Crippen LogP contribution < -0.4 is 5.32 Å². The zero-order valence-electron chi connectivity index (χ0n) is 14.8. The zero-order chi connectivity index (χ0) is 19.4. The van der Waals surface area contributed by atoms with Crippen LogP contribution in [0.1, 0.15) is 25.7 Å². The van der Waals surface area contributed by atoms with E-state index in [2.05, 4.69) is 21.2 Å². The van der Waals surface area contributed by atoms with Crippen LogP contribution in [0, 0.1) is 5.92 Å². The number of benzene rings is 1. The molecule has 2 aliphatic rings. The lowest BCUT2D eigenvalue weighted by atomic mass is 9.99. The Morgan fingerprint density at radius 2 is 2.15 bits per heavy atom. The van der Waals surface area contributed by atoms with Crippen LogP contribution in [0.5, 0.6) is 0 Å². The van der Waals surface area contributed by atoms with Gasteiger partial charge in [0.05, 0.1) is 17.4 Å². The molecule has 0 bridgehead atoms. The van der Waals surface area contributed by atoms with Crippen molar-refractivity contribution in [2.75, 3.05) is 18.5 Å². The lowest BCUT2D eigenvalue weighted by molar-refractivity contribution is -0.118. The number of aliphatic hydroxyl groups is 1. The number of amides is 1. The lowest BCUT2D eigenvalue weighted by Gasteiger charge is -2.34. The minimum Gasteiger partial charge on any atom is -0.395 e. The highest BCUT2D eigenvalue weighted by atomic mass is 79.9. The molecule has 2 atom stereocenters. The number of aliphatic hydroxyl groups excluding tert-OH is 1. The normalized spacial score (nSPS) is 23.7. The molecule has 0 radical (unpaired) electrons. The van der Waals surface area contributed by atoms with Gasteiger partial charge in [-0.2, -0.15) is 4.31 Å². The quantitative estimate of drug-likeness (QED) is 0.715. The van der Waals surface area contributed by atoms with Crippen LogP contribution >= 0.6 is 15.9 Å². The van der Waals surface area contributed by atoms with Gasteiger partial charge < -0.3 is 10.4 Å². The Balaban J connectivity index is 1.72. The van der Waals surface area contributed by atoms with Crippen LogP contribution in [0.25, 0.3) is 0 Å². The van der Waals surface area contributed by atoms with Crippen molar-refractivity contribution in [2.24, 2.45) is 5.92 Å². The average Bonchev–Trinajstić information content (AvgIpc) is 2.68. The second-order valence-electron chi connectivity index (χ2n) is 6.78. The van der Waals surface area contributed by atoms with E-state index in [4.69, 9.17) is 0 Å². The van der Waals surface area contributed by atoms with Gasteiger partial charge in [0, 0.05) is 22.7 Å². The molecule has 6 nitrogen and oxygen atoms in total. The summed E-state index contributed by atoms with van der Waals surface area (Å²) in [4.78, 5) is 12.8. The first-order valence-corrected chi connectivity index (χ1v) is 11.2. The van der Waals surface area contributed by atoms with E-state index < -0.39 is 15.9 Å². The number of sulfonamides is 1. The van der Waals surface area contributed by atoms with E-state index >= 15 is 0 Å². The van der Waals surface area contributed by atoms with Gasteiger partial charge in [0.1, 0.15) is 0 Å². The van der Waals surface area contributed by atoms with E-state index in [1.54, 1.807) is 30.4 Å². The van der Waals surface area contributed by atoms with Gasteiger partial charge in [0.2, 0.25) is 15.9 Å². The van der Waals surface area contributed by atoms with Gasteiger partial charge in [-0.25, -0.2) is 8.42 Å². The van der Waals surface area contributed by atoms with Crippen molar-refractivity contribution in [3.63, 3.8) is 0 Å². The van der Waals surface area contributed by atoms with Crippen molar-refractivity contribution in [1.82, 2.24) is 4.31 Å². The molecular formula is C19H23BrN2O4S. The van der Waals surface area contributed by atoms with E-state index in [1.807, 2.05) is 12.1 Å². The summed E-state index contributed by atoms with van der Waals surface area (Å²) >= 11 is 3.36. The van der Waals surface area contributed by atoms with Gasteiger partial charge in [0.15, 0.2) is 0 Å². The molecule has 1 heterocycles. The first kappa shape index (κ1) is 20.3. The molecule has 1 aromatic carbocycles. The predicted molar refractivity (Wildman–Crippen MR) is 108 cm³/mol. The first-order valence-electron chi connectivity index (χ1n) is 8.98. The molecular weight excluding hydrogens is 432 g/mol. The molecule has 0 saturated carbocycles. The van der Waals surface area contributed by atoms with E-state index in [9.17, 15) is 18.3 Å². The first-order chi connectivity index (χ1) is 12.9. The fourth-order valence-corrected chi connectivity index (χ4v) is 5.72. The number of hydrogen-bond acceptors (Lipinski definition) is 4. The molecule has 2 N–H and O–H groups in total. The Bertz CT molecular complexity index is 866. The number of carbonyl (C=O) groups excluding carboxylic acids is 1. The molecule has 1 amide bonds. The molecule has 27 heavy (non-hydrogen) atoms. The van der Waals surface area contributed by atoms with Crippen LogP contribution in [0.2, 0.25) is 0 Å². The molecule has 0 aromatic heterocycles. The van der Waals surface area contributed by atoms with Crippen molar-refractivity contribution in [1.29, 1.82) is 0 Å². The van der Waals surface area contributed by atoms with Crippen molar-refractivity contribution >= 4 is 37.5 Å². The number of rotatable bonds is 5. The largest absolute Gasteiger partial charge is 0.395 e. The van der Waals surface area contributed by atoms with Crippen LogP contribution in [0.3, 0.4) is 0 Å². The van der Waals surface area contributed by atoms with Gasteiger partial charge in [0.25, 0.3) is 0 Å². The summed E-state index contributed by atoms with van der Waals surface area (Å²) in [5, 5.41) is 12.4. The molecule has 1 aromatic rings. The Morgan fingerprint density at radius 3 is 2.89 bits per heavy atom. The smallest absolute Gasteiger partial charge is 0.239 e. The number of carbonyl (C=O) groups is 1. The SMILES string of the molecule is O=C(Nc1cccc(Br)c1)C1C=CC=C(S(=O)(=O)N2CCCCC2CO)C1. The molecule has 1 aliphatic carbocycles. The number of nitrogens with zero attached hydrogens (tertiary/aromatic N) is 1. The van der Waals surface area contributed by atoms with Gasteiger partial charge >= 0.3 is 0 Å². The fourth-order valence-electron chi connectivity index (χ4n) is 3.45. The van der Waals surface area contributed by atoms with Gasteiger partial charge in [-0.3, -0.25) is 4.79 Å². The highest BCUT2D eigenvalue weighted by molar-refractivity contribution is 9.10. The monoisotopic (exact) mass is 454 g/mol. The van der Waals surface area contributed by atoms with Gasteiger partial charge in [-0.1, -0.05) is 40.6 Å². The number of halogens is 1. The summed E-state index contributed by atoms with van der Waals surface area (Å²) < 4.78 is 28.4. The Morgan fingerprint density at radius 1 is 1.33 bits per heavy atom. The summed E-state index contributed by atoms with van der Waals surface area (Å²) in [6.07, 6.45) is 7.37. The Hall–Kier alpha value is -1.48. The lowest BCUT2D eigenvalue weighted by Crippen LogP contribution is -2.46. The van der Waals surface area contributed by atoms with Gasteiger partial charge in [-0.05, 0) is 43.5 Å². The standard InChI is InChI=1S/C19H23BrN2O4S/c20-15-6-4-7-16(12-15)21-19(24)14-5-3-9-18(11-14)27(25,26)22-10-2-1-8-17(22)13-23/h3-7,9,12,14,17,23H,1-2,8,10-11,13H2,(H,21,24). The molecule has 8 heteroatoms. The fraction of sp³-hybridized carbons (Fsp3) is 0.421. The van der Waals surface area contributed by atoms with Crippen LogP contribution in [-0.2, 0) is 14.8 Å². The molecule has 1 saturated heterocycles. The molecule has 3 rings (SSSR count). The maximum atomic E-state index is 13.1. The van der Waals surface area contributed by atoms with E-state index in [-0.39, 0.29) is 29.9 Å². The summed E-state index contributed by atoms with van der Waals surface area (Å²) in [6, 6.07) is 6.86. The Kier molecular flexibility index (Phi) is 6.52. The van der Waals surface area contributed by atoms with E-state index in [0.717, 1.165) is 17.3 Å². The second-order valence-corrected chi connectivity index (χ2v) is 9.64. The van der Waals surface area contributed by atoms with Crippen molar-refractivity contribution in [3.8, 4) is 0 Å². The van der Waals surface area contributed by atoms with Gasteiger partial charge in [-0.15, -0.1) is 0 Å². The molecule has 1 fully saturated rings. The van der Waals surface area contributed by atoms with Crippen LogP contribution in [0.4, 0.5) is 5.69 Å².